The van der Waals surface area contributed by atoms with Crippen LogP contribution in [0.4, 0.5) is 0 Å². The van der Waals surface area contributed by atoms with Gasteiger partial charge in [0.2, 0.25) is 0 Å². The summed E-state index contributed by atoms with van der Waals surface area (Å²) in [6, 6.07) is 7.18. The van der Waals surface area contributed by atoms with Crippen LogP contribution in [-0.4, -0.2) is 35.2 Å². The highest BCUT2D eigenvalue weighted by atomic mass is 16.4. The molecule has 0 aliphatic rings. The standard InChI is InChI=1S/C11H13NO4/c1-12-9(11(15)16)8(10(13)14)7-5-3-2-4-6-7/h2-6,8-9,12H,1H3,(H,13,14)(H,15,16). The first-order valence-electron chi connectivity index (χ1n) is 4.75. The van der Waals surface area contributed by atoms with E-state index in [2.05, 4.69) is 5.32 Å². The van der Waals surface area contributed by atoms with Gasteiger partial charge in [0.25, 0.3) is 0 Å². The van der Waals surface area contributed by atoms with Crippen LogP contribution in [0.25, 0.3) is 0 Å². The van der Waals surface area contributed by atoms with E-state index in [0.717, 1.165) is 0 Å². The molecule has 3 N–H and O–H groups in total. The van der Waals surface area contributed by atoms with Crippen LogP contribution < -0.4 is 5.32 Å². The van der Waals surface area contributed by atoms with Crippen molar-refractivity contribution in [2.45, 2.75) is 12.0 Å². The molecule has 0 bridgehead atoms. The van der Waals surface area contributed by atoms with Crippen molar-refractivity contribution in [2.75, 3.05) is 7.05 Å². The molecule has 0 amide bonds. The number of carbonyl (C=O) groups is 2. The SMILES string of the molecule is CNC(C(=O)O)C(C(=O)O)c1ccccc1. The van der Waals surface area contributed by atoms with Gasteiger partial charge in [0.05, 0.1) is 0 Å². The zero-order chi connectivity index (χ0) is 12.1. The van der Waals surface area contributed by atoms with Crippen molar-refractivity contribution >= 4 is 11.9 Å². The van der Waals surface area contributed by atoms with Gasteiger partial charge in [-0.3, -0.25) is 9.59 Å². The van der Waals surface area contributed by atoms with Gasteiger partial charge in [-0.1, -0.05) is 30.3 Å². The zero-order valence-electron chi connectivity index (χ0n) is 8.75. The highest BCUT2D eigenvalue weighted by molar-refractivity contribution is 5.86. The minimum absolute atomic E-state index is 0.469. The lowest BCUT2D eigenvalue weighted by Gasteiger charge is -2.19. The molecule has 0 aliphatic carbocycles. The van der Waals surface area contributed by atoms with Crippen molar-refractivity contribution in [1.82, 2.24) is 5.32 Å². The van der Waals surface area contributed by atoms with Crippen molar-refractivity contribution < 1.29 is 19.8 Å². The maximum Gasteiger partial charge on any atom is 0.321 e. The van der Waals surface area contributed by atoms with Gasteiger partial charge in [0, 0.05) is 0 Å². The number of nitrogens with one attached hydrogen (secondary N) is 1. The normalized spacial score (nSPS) is 14.1. The Labute approximate surface area is 92.7 Å². The lowest BCUT2D eigenvalue weighted by atomic mass is 9.91. The van der Waals surface area contributed by atoms with E-state index < -0.39 is 23.9 Å². The fourth-order valence-corrected chi connectivity index (χ4v) is 1.57. The maximum absolute atomic E-state index is 11.1. The second-order valence-corrected chi connectivity index (χ2v) is 3.33. The molecule has 0 saturated heterocycles. The average Bonchev–Trinajstić information content (AvgIpc) is 2.25. The molecule has 0 aromatic heterocycles. The second kappa shape index (κ2) is 5.27. The number of carboxylic acids is 2. The molecular weight excluding hydrogens is 210 g/mol. The van der Waals surface area contributed by atoms with E-state index in [-0.39, 0.29) is 0 Å². The largest absolute Gasteiger partial charge is 0.481 e. The Hall–Kier alpha value is -1.88. The first-order valence-corrected chi connectivity index (χ1v) is 4.75. The van der Waals surface area contributed by atoms with Crippen molar-refractivity contribution in [3.8, 4) is 0 Å². The van der Waals surface area contributed by atoms with Crippen LogP contribution >= 0.6 is 0 Å². The number of aliphatic carboxylic acids is 2. The molecule has 5 heteroatoms. The number of carboxylic acid groups (broad SMARTS) is 2. The van der Waals surface area contributed by atoms with Gasteiger partial charge < -0.3 is 15.5 Å². The molecule has 0 heterocycles. The quantitative estimate of drug-likeness (QED) is 0.677. The molecule has 5 nitrogen and oxygen atoms in total. The first-order chi connectivity index (χ1) is 7.57. The average molecular weight is 223 g/mol. The van der Waals surface area contributed by atoms with Gasteiger partial charge in [-0.05, 0) is 12.6 Å². The third-order valence-electron chi connectivity index (χ3n) is 2.34. The molecule has 16 heavy (non-hydrogen) atoms. The molecule has 0 saturated carbocycles. The Balaban J connectivity index is 3.09. The van der Waals surface area contributed by atoms with E-state index in [4.69, 9.17) is 10.2 Å². The summed E-state index contributed by atoms with van der Waals surface area (Å²) in [5.74, 6) is -3.43. The number of benzene rings is 1. The van der Waals surface area contributed by atoms with Gasteiger partial charge in [-0.25, -0.2) is 0 Å². The van der Waals surface area contributed by atoms with Crippen molar-refractivity contribution in [3.63, 3.8) is 0 Å². The van der Waals surface area contributed by atoms with E-state index in [1.165, 1.54) is 7.05 Å². The predicted molar refractivity (Wildman–Crippen MR) is 57.3 cm³/mol. The van der Waals surface area contributed by atoms with E-state index in [0.29, 0.717) is 5.56 Å². The van der Waals surface area contributed by atoms with Crippen molar-refractivity contribution in [1.29, 1.82) is 0 Å². The van der Waals surface area contributed by atoms with Gasteiger partial charge in [0.1, 0.15) is 12.0 Å². The minimum Gasteiger partial charge on any atom is -0.481 e. The predicted octanol–water partition coefficient (Wildman–Crippen LogP) is 0.527. The first kappa shape index (κ1) is 12.2. The molecule has 0 aliphatic heterocycles. The lowest BCUT2D eigenvalue weighted by Crippen LogP contribution is -2.42. The Bertz CT molecular complexity index is 377. The van der Waals surface area contributed by atoms with E-state index in [1.807, 2.05) is 0 Å². The number of hydrogen-bond donors (Lipinski definition) is 3. The van der Waals surface area contributed by atoms with Crippen LogP contribution in [-0.2, 0) is 9.59 Å². The van der Waals surface area contributed by atoms with Gasteiger partial charge in [-0.2, -0.15) is 0 Å². The molecule has 86 valence electrons. The van der Waals surface area contributed by atoms with Crippen molar-refractivity contribution in [2.24, 2.45) is 0 Å². The smallest absolute Gasteiger partial charge is 0.321 e. The molecule has 1 aromatic carbocycles. The van der Waals surface area contributed by atoms with E-state index in [1.54, 1.807) is 30.3 Å². The zero-order valence-corrected chi connectivity index (χ0v) is 8.75. The highest BCUT2D eigenvalue weighted by Gasteiger charge is 2.33. The summed E-state index contributed by atoms with van der Waals surface area (Å²) in [5.41, 5.74) is 0.469. The van der Waals surface area contributed by atoms with E-state index >= 15 is 0 Å². The van der Waals surface area contributed by atoms with Crippen molar-refractivity contribution in [3.05, 3.63) is 35.9 Å². The van der Waals surface area contributed by atoms with Crippen LogP contribution in [0.3, 0.4) is 0 Å². The summed E-state index contributed by atoms with van der Waals surface area (Å²) in [4.78, 5) is 22.0. The molecule has 0 fully saturated rings. The minimum atomic E-state index is -1.18. The second-order valence-electron chi connectivity index (χ2n) is 3.33. The van der Waals surface area contributed by atoms with Gasteiger partial charge in [-0.15, -0.1) is 0 Å². The number of likely N-dealkylation sites (N-methyl/N-ethyl adjacent to an activating group) is 1. The number of rotatable bonds is 5. The Kier molecular flexibility index (Phi) is 4.02. The summed E-state index contributed by atoms with van der Waals surface area (Å²) in [6.07, 6.45) is 0. The Morgan fingerprint density at radius 1 is 1.12 bits per heavy atom. The fourth-order valence-electron chi connectivity index (χ4n) is 1.57. The summed E-state index contributed by atoms with van der Waals surface area (Å²) >= 11 is 0. The topological polar surface area (TPSA) is 86.6 Å². The molecule has 1 rings (SSSR count). The maximum atomic E-state index is 11.1. The summed E-state index contributed by atoms with van der Waals surface area (Å²) in [7, 11) is 1.43. The van der Waals surface area contributed by atoms with Gasteiger partial charge >= 0.3 is 11.9 Å². The van der Waals surface area contributed by atoms with Crippen LogP contribution in [0.2, 0.25) is 0 Å². The van der Waals surface area contributed by atoms with Crippen LogP contribution in [0.15, 0.2) is 30.3 Å². The van der Waals surface area contributed by atoms with Crippen LogP contribution in [0, 0.1) is 0 Å². The summed E-state index contributed by atoms with van der Waals surface area (Å²) in [6.45, 7) is 0. The number of hydrogen-bond acceptors (Lipinski definition) is 3. The molecule has 0 spiro atoms. The molecule has 0 radical (unpaired) electrons. The Morgan fingerprint density at radius 2 is 1.69 bits per heavy atom. The van der Waals surface area contributed by atoms with Crippen LogP contribution in [0.1, 0.15) is 11.5 Å². The molecular formula is C11H13NO4. The van der Waals surface area contributed by atoms with Crippen LogP contribution in [0.5, 0.6) is 0 Å². The van der Waals surface area contributed by atoms with E-state index in [9.17, 15) is 9.59 Å². The Morgan fingerprint density at radius 3 is 2.06 bits per heavy atom. The monoisotopic (exact) mass is 223 g/mol. The summed E-state index contributed by atoms with van der Waals surface area (Å²) in [5, 5.41) is 20.5. The lowest BCUT2D eigenvalue weighted by molar-refractivity contribution is -0.147. The molecule has 2 unspecified atom stereocenters. The third kappa shape index (κ3) is 2.58. The highest BCUT2D eigenvalue weighted by Crippen LogP contribution is 2.20. The fraction of sp³-hybridized carbons (Fsp3) is 0.273. The van der Waals surface area contributed by atoms with Gasteiger partial charge in [0.15, 0.2) is 0 Å². The summed E-state index contributed by atoms with van der Waals surface area (Å²) < 4.78 is 0. The third-order valence-corrected chi connectivity index (χ3v) is 2.34. The molecule has 1 aromatic rings. The molecule has 2 atom stereocenters.